The Morgan fingerprint density at radius 3 is 2.74 bits per heavy atom. The van der Waals surface area contributed by atoms with E-state index in [-0.39, 0.29) is 42.6 Å². The number of Topliss-reactive ketones (excluding diaryl/α,β-unsaturated/α-hetero) is 1. The predicted molar refractivity (Wildman–Crippen MR) is 135 cm³/mol. The zero-order valence-electron chi connectivity index (χ0n) is 20.8. The van der Waals surface area contributed by atoms with Gasteiger partial charge in [0, 0.05) is 42.6 Å². The Morgan fingerprint density at radius 1 is 1.16 bits per heavy atom. The van der Waals surface area contributed by atoms with Gasteiger partial charge in [-0.1, -0.05) is 11.8 Å². The first kappa shape index (κ1) is 27.1. The second-order valence-electron chi connectivity index (χ2n) is 9.40. The monoisotopic (exact) mass is 524 g/mol. The van der Waals surface area contributed by atoms with Gasteiger partial charge in [0.05, 0.1) is 24.7 Å². The zero-order valence-corrected chi connectivity index (χ0v) is 20.8. The summed E-state index contributed by atoms with van der Waals surface area (Å²) in [5.41, 5.74) is 0.882. The maximum absolute atomic E-state index is 13.8. The van der Waals surface area contributed by atoms with E-state index in [0.29, 0.717) is 54.2 Å². The molecule has 0 radical (unpaired) electrons. The molecular formula is C29H27F3N2O4. The first-order valence-electron chi connectivity index (χ1n) is 12.3. The van der Waals surface area contributed by atoms with Crippen LogP contribution in [0.2, 0.25) is 0 Å². The number of fused-ring (bicyclic) bond motifs is 1. The maximum Gasteiger partial charge on any atom is 0.303 e. The van der Waals surface area contributed by atoms with E-state index in [1.807, 2.05) is 4.90 Å². The van der Waals surface area contributed by atoms with Gasteiger partial charge in [-0.05, 0) is 61.6 Å². The number of carbonyl (C=O) groups excluding carboxylic acids is 1. The van der Waals surface area contributed by atoms with Crippen molar-refractivity contribution in [3.8, 4) is 17.6 Å². The number of ether oxygens (including phenoxy) is 1. The Bertz CT molecular complexity index is 1420. The molecule has 1 aliphatic rings. The number of nitrogens with zero attached hydrogens (tertiary/aromatic N) is 2. The minimum absolute atomic E-state index is 0.0247. The van der Waals surface area contributed by atoms with Gasteiger partial charge in [0.2, 0.25) is 0 Å². The van der Waals surface area contributed by atoms with Crippen molar-refractivity contribution in [3.05, 3.63) is 71.2 Å². The van der Waals surface area contributed by atoms with Crippen LogP contribution in [0, 0.1) is 41.1 Å². The third-order valence-electron chi connectivity index (χ3n) is 6.92. The van der Waals surface area contributed by atoms with Crippen molar-refractivity contribution in [1.82, 2.24) is 9.88 Å². The summed E-state index contributed by atoms with van der Waals surface area (Å²) < 4.78 is 45.9. The van der Waals surface area contributed by atoms with Crippen molar-refractivity contribution in [2.45, 2.75) is 25.7 Å². The van der Waals surface area contributed by atoms with Gasteiger partial charge in [0.25, 0.3) is 0 Å². The molecule has 0 spiro atoms. The summed E-state index contributed by atoms with van der Waals surface area (Å²) in [6.07, 6.45) is 3.01. The maximum atomic E-state index is 13.8. The molecule has 4 rings (SSSR count). The number of aliphatic carboxylic acids is 1. The predicted octanol–water partition coefficient (Wildman–Crippen LogP) is 5.09. The van der Waals surface area contributed by atoms with Crippen molar-refractivity contribution in [2.75, 3.05) is 26.7 Å². The number of benzene rings is 2. The van der Waals surface area contributed by atoms with Crippen LogP contribution in [0.1, 0.15) is 41.6 Å². The van der Waals surface area contributed by atoms with E-state index in [9.17, 15) is 27.9 Å². The number of likely N-dealkylation sites (tertiary alicyclic amines) is 1. The van der Waals surface area contributed by atoms with Gasteiger partial charge in [-0.2, -0.15) is 0 Å². The number of carbonyl (C=O) groups is 2. The van der Waals surface area contributed by atoms with Gasteiger partial charge in [0.15, 0.2) is 17.4 Å². The third-order valence-corrected chi connectivity index (χ3v) is 6.92. The van der Waals surface area contributed by atoms with Crippen LogP contribution in [-0.4, -0.2) is 53.5 Å². The number of rotatable bonds is 8. The Hall–Kier alpha value is -3.90. The number of carboxylic acid groups (broad SMARTS) is 1. The molecule has 6 nitrogen and oxygen atoms in total. The summed E-state index contributed by atoms with van der Waals surface area (Å²) in [5, 5.41) is 10.2. The first-order valence-corrected chi connectivity index (χ1v) is 12.3. The first-order chi connectivity index (χ1) is 18.2. The highest BCUT2D eigenvalue weighted by molar-refractivity contribution is 6.07. The van der Waals surface area contributed by atoms with Crippen LogP contribution in [0.5, 0.6) is 5.75 Å². The topological polar surface area (TPSA) is 79.7 Å². The largest absolute Gasteiger partial charge is 0.497 e. The Labute approximate surface area is 218 Å². The lowest BCUT2D eigenvalue weighted by Crippen LogP contribution is -2.41. The second kappa shape index (κ2) is 12.1. The molecule has 1 N–H and O–H groups in total. The van der Waals surface area contributed by atoms with Crippen LogP contribution in [0.15, 0.2) is 42.6 Å². The van der Waals surface area contributed by atoms with E-state index in [1.165, 1.54) is 0 Å². The molecule has 1 fully saturated rings. The molecule has 1 aromatic heterocycles. The lowest BCUT2D eigenvalue weighted by Gasteiger charge is -2.37. The molecule has 1 aliphatic heterocycles. The fraction of sp³-hybridized carbons (Fsp3) is 0.345. The normalized spacial score (nSPS) is 17.6. The van der Waals surface area contributed by atoms with Crippen LogP contribution >= 0.6 is 0 Å². The molecule has 0 aliphatic carbocycles. The minimum atomic E-state index is -1.30. The molecule has 198 valence electrons. The highest BCUT2D eigenvalue weighted by Gasteiger charge is 2.31. The fourth-order valence-electron chi connectivity index (χ4n) is 4.98. The SMILES string of the molecule is COc1ccc2nccc(C(=O)CCC3CCN(CC#Cc4cc(F)cc(F)c4F)CC3CC(=O)O)c2c1. The van der Waals surface area contributed by atoms with Gasteiger partial charge in [-0.25, -0.2) is 13.2 Å². The average molecular weight is 525 g/mol. The fourth-order valence-corrected chi connectivity index (χ4v) is 4.98. The standard InChI is InChI=1S/C29H27F3N2O4/c1-38-22-5-6-26-24(16-22)23(8-10-33-26)27(35)7-4-18-9-12-34(17-20(18)14-28(36)37)11-2-3-19-13-21(30)15-25(31)29(19)32/h5-6,8,10,13,15-16,18,20H,4,7,9,11-12,14,17H2,1H3,(H,36,37). The van der Waals surface area contributed by atoms with Gasteiger partial charge in [-0.3, -0.25) is 19.5 Å². The van der Waals surface area contributed by atoms with E-state index in [1.54, 1.807) is 37.6 Å². The highest BCUT2D eigenvalue weighted by Crippen LogP contribution is 2.31. The summed E-state index contributed by atoms with van der Waals surface area (Å²) in [7, 11) is 1.55. The number of hydrogen-bond acceptors (Lipinski definition) is 5. The molecule has 0 bridgehead atoms. The molecule has 0 amide bonds. The van der Waals surface area contributed by atoms with E-state index >= 15 is 0 Å². The quantitative estimate of drug-likeness (QED) is 0.251. The van der Waals surface area contributed by atoms with Crippen LogP contribution in [0.4, 0.5) is 13.2 Å². The van der Waals surface area contributed by atoms with Crippen molar-refractivity contribution in [2.24, 2.45) is 11.8 Å². The van der Waals surface area contributed by atoms with Crippen LogP contribution in [0.3, 0.4) is 0 Å². The summed E-state index contributed by atoms with van der Waals surface area (Å²) in [4.78, 5) is 30.9. The number of ketones is 1. The number of hydrogen-bond donors (Lipinski definition) is 1. The van der Waals surface area contributed by atoms with Crippen molar-refractivity contribution >= 4 is 22.7 Å². The molecule has 1 saturated heterocycles. The molecule has 38 heavy (non-hydrogen) atoms. The van der Waals surface area contributed by atoms with Crippen LogP contribution in [-0.2, 0) is 4.79 Å². The molecule has 0 saturated carbocycles. The molecule has 2 aromatic carbocycles. The zero-order chi connectivity index (χ0) is 27.2. The van der Waals surface area contributed by atoms with Crippen LogP contribution in [0.25, 0.3) is 10.9 Å². The molecule has 3 aromatic rings. The average Bonchev–Trinajstić information content (AvgIpc) is 2.89. The lowest BCUT2D eigenvalue weighted by atomic mass is 9.79. The number of aromatic nitrogens is 1. The number of carboxylic acids is 1. The van der Waals surface area contributed by atoms with Gasteiger partial charge < -0.3 is 9.84 Å². The number of piperidine rings is 1. The van der Waals surface area contributed by atoms with Crippen molar-refractivity contribution in [1.29, 1.82) is 0 Å². The summed E-state index contributed by atoms with van der Waals surface area (Å²) in [5.74, 6) is 1.27. The third kappa shape index (κ3) is 6.50. The number of halogens is 3. The Morgan fingerprint density at radius 2 is 1.97 bits per heavy atom. The summed E-state index contributed by atoms with van der Waals surface area (Å²) in [6, 6.07) is 8.35. The number of methoxy groups -OCH3 is 1. The minimum Gasteiger partial charge on any atom is -0.497 e. The number of pyridine rings is 1. The van der Waals surface area contributed by atoms with Gasteiger partial charge >= 0.3 is 5.97 Å². The molecule has 2 atom stereocenters. The smallest absolute Gasteiger partial charge is 0.303 e. The Kier molecular flexibility index (Phi) is 8.64. The van der Waals surface area contributed by atoms with Crippen molar-refractivity contribution in [3.63, 3.8) is 0 Å². The van der Waals surface area contributed by atoms with Crippen LogP contribution < -0.4 is 4.74 Å². The van der Waals surface area contributed by atoms with E-state index in [2.05, 4.69) is 16.8 Å². The van der Waals surface area contributed by atoms with E-state index in [4.69, 9.17) is 4.74 Å². The molecule has 2 heterocycles. The summed E-state index contributed by atoms with van der Waals surface area (Å²) >= 11 is 0. The van der Waals surface area contributed by atoms with Gasteiger partial charge in [0.1, 0.15) is 11.6 Å². The molecular weight excluding hydrogens is 497 g/mol. The second-order valence-corrected chi connectivity index (χ2v) is 9.40. The summed E-state index contributed by atoms with van der Waals surface area (Å²) in [6.45, 7) is 1.25. The van der Waals surface area contributed by atoms with Crippen molar-refractivity contribution < 1.29 is 32.6 Å². The lowest BCUT2D eigenvalue weighted by molar-refractivity contribution is -0.139. The van der Waals surface area contributed by atoms with E-state index < -0.39 is 23.4 Å². The van der Waals surface area contributed by atoms with E-state index in [0.717, 1.165) is 6.07 Å². The highest BCUT2D eigenvalue weighted by atomic mass is 19.2. The van der Waals surface area contributed by atoms with Gasteiger partial charge in [-0.15, -0.1) is 0 Å². The molecule has 9 heteroatoms. The Balaban J connectivity index is 1.41. The molecule has 2 unspecified atom stereocenters.